The summed E-state index contributed by atoms with van der Waals surface area (Å²) in [6.45, 7) is 2.16. The molecule has 0 aromatic heterocycles. The van der Waals surface area contributed by atoms with E-state index in [9.17, 15) is 0 Å². The van der Waals surface area contributed by atoms with E-state index in [1.807, 2.05) is 0 Å². The molecule has 1 aromatic rings. The van der Waals surface area contributed by atoms with Gasteiger partial charge < -0.3 is 5.32 Å². The Morgan fingerprint density at radius 3 is 3.00 bits per heavy atom. The summed E-state index contributed by atoms with van der Waals surface area (Å²) >= 11 is 3.50. The van der Waals surface area contributed by atoms with Crippen molar-refractivity contribution in [2.24, 2.45) is 11.8 Å². The molecule has 2 aliphatic rings. The number of allylic oxidation sites excluding steroid dienone is 1. The largest absolute Gasteiger partial charge is 0.381 e. The van der Waals surface area contributed by atoms with Crippen LogP contribution < -0.4 is 5.32 Å². The minimum atomic E-state index is 0.656. The van der Waals surface area contributed by atoms with Gasteiger partial charge in [0.15, 0.2) is 0 Å². The van der Waals surface area contributed by atoms with Crippen LogP contribution >= 0.6 is 15.9 Å². The maximum atomic E-state index is 3.67. The fourth-order valence-electron chi connectivity index (χ4n) is 2.87. The third-order valence-corrected chi connectivity index (χ3v) is 4.39. The van der Waals surface area contributed by atoms with Crippen molar-refractivity contribution in [3.8, 4) is 0 Å². The SMILES string of the molecule is Cc1cc(Br)ccc1NC1CC2CC=CC21. The molecule has 3 unspecified atom stereocenters. The van der Waals surface area contributed by atoms with Crippen molar-refractivity contribution >= 4 is 21.6 Å². The summed E-state index contributed by atoms with van der Waals surface area (Å²) in [5.41, 5.74) is 2.60. The summed E-state index contributed by atoms with van der Waals surface area (Å²) in [7, 11) is 0. The lowest BCUT2D eigenvalue weighted by Crippen LogP contribution is -2.43. The van der Waals surface area contributed by atoms with E-state index in [4.69, 9.17) is 0 Å². The van der Waals surface area contributed by atoms with Crippen LogP contribution in [0.3, 0.4) is 0 Å². The monoisotopic (exact) mass is 277 g/mol. The molecule has 1 aromatic carbocycles. The van der Waals surface area contributed by atoms with Crippen LogP contribution in [-0.4, -0.2) is 6.04 Å². The second-order valence-corrected chi connectivity index (χ2v) is 5.86. The van der Waals surface area contributed by atoms with Gasteiger partial charge in [-0.3, -0.25) is 0 Å². The molecular weight excluding hydrogens is 262 g/mol. The zero-order valence-corrected chi connectivity index (χ0v) is 11.0. The number of benzene rings is 1. The average molecular weight is 278 g/mol. The lowest BCUT2D eigenvalue weighted by molar-refractivity contribution is 0.218. The van der Waals surface area contributed by atoms with Gasteiger partial charge in [0, 0.05) is 22.1 Å². The molecule has 0 saturated heterocycles. The number of nitrogens with one attached hydrogen (secondary N) is 1. The van der Waals surface area contributed by atoms with Gasteiger partial charge in [-0.2, -0.15) is 0 Å². The summed E-state index contributed by atoms with van der Waals surface area (Å²) in [5.74, 6) is 1.70. The third-order valence-electron chi connectivity index (χ3n) is 3.89. The Labute approximate surface area is 105 Å². The van der Waals surface area contributed by atoms with E-state index in [1.165, 1.54) is 24.1 Å². The third kappa shape index (κ3) is 1.69. The number of halogens is 1. The molecule has 3 rings (SSSR count). The fraction of sp³-hybridized carbons (Fsp3) is 0.429. The molecule has 1 N–H and O–H groups in total. The zero-order valence-electron chi connectivity index (χ0n) is 9.41. The number of fused-ring (bicyclic) bond motifs is 1. The van der Waals surface area contributed by atoms with Crippen molar-refractivity contribution in [1.82, 2.24) is 0 Å². The second kappa shape index (κ2) is 3.92. The lowest BCUT2D eigenvalue weighted by atomic mass is 9.71. The van der Waals surface area contributed by atoms with Crippen LogP contribution in [0, 0.1) is 18.8 Å². The molecule has 1 saturated carbocycles. The lowest BCUT2D eigenvalue weighted by Gasteiger charge is -2.41. The van der Waals surface area contributed by atoms with E-state index in [0.717, 1.165) is 16.3 Å². The zero-order chi connectivity index (χ0) is 11.1. The average Bonchev–Trinajstić information content (AvgIpc) is 2.59. The fourth-order valence-corrected chi connectivity index (χ4v) is 3.35. The van der Waals surface area contributed by atoms with Gasteiger partial charge in [0.25, 0.3) is 0 Å². The normalized spacial score (nSPS) is 31.0. The number of hydrogen-bond donors (Lipinski definition) is 1. The second-order valence-electron chi connectivity index (χ2n) is 4.95. The van der Waals surface area contributed by atoms with Gasteiger partial charge in [-0.1, -0.05) is 28.1 Å². The van der Waals surface area contributed by atoms with Crippen LogP contribution in [-0.2, 0) is 0 Å². The van der Waals surface area contributed by atoms with E-state index >= 15 is 0 Å². The van der Waals surface area contributed by atoms with Crippen LogP contribution in [0.4, 0.5) is 5.69 Å². The van der Waals surface area contributed by atoms with Crippen LogP contribution in [0.1, 0.15) is 18.4 Å². The molecule has 1 fully saturated rings. The molecule has 0 aliphatic heterocycles. The Hall–Kier alpha value is -0.760. The molecule has 0 heterocycles. The van der Waals surface area contributed by atoms with Gasteiger partial charge >= 0.3 is 0 Å². The van der Waals surface area contributed by atoms with Gasteiger partial charge in [0.05, 0.1) is 0 Å². The molecule has 0 amide bonds. The highest BCUT2D eigenvalue weighted by molar-refractivity contribution is 9.10. The van der Waals surface area contributed by atoms with Gasteiger partial charge in [0.2, 0.25) is 0 Å². The minimum Gasteiger partial charge on any atom is -0.381 e. The van der Waals surface area contributed by atoms with Crippen molar-refractivity contribution in [3.05, 3.63) is 40.4 Å². The maximum Gasteiger partial charge on any atom is 0.0373 e. The standard InChI is InChI=1S/C14H16BrN/c1-9-7-11(15)5-6-13(9)16-14-8-10-3-2-4-12(10)14/h2,4-7,10,12,14,16H,3,8H2,1H3. The van der Waals surface area contributed by atoms with E-state index in [1.54, 1.807) is 0 Å². The highest BCUT2D eigenvalue weighted by atomic mass is 79.9. The van der Waals surface area contributed by atoms with Gasteiger partial charge in [-0.25, -0.2) is 0 Å². The number of aryl methyl sites for hydroxylation is 1. The molecule has 2 aliphatic carbocycles. The Bertz CT molecular complexity index is 438. The molecule has 84 valence electrons. The van der Waals surface area contributed by atoms with Crippen molar-refractivity contribution in [2.45, 2.75) is 25.8 Å². The van der Waals surface area contributed by atoms with Crippen molar-refractivity contribution in [2.75, 3.05) is 5.32 Å². The van der Waals surface area contributed by atoms with Crippen molar-refractivity contribution < 1.29 is 0 Å². The molecule has 2 heteroatoms. The van der Waals surface area contributed by atoms with Crippen LogP contribution in [0.2, 0.25) is 0 Å². The summed E-state index contributed by atoms with van der Waals surface area (Å²) in [6.07, 6.45) is 7.35. The first-order valence-electron chi connectivity index (χ1n) is 5.93. The smallest absolute Gasteiger partial charge is 0.0373 e. The molecule has 0 bridgehead atoms. The Kier molecular flexibility index (Phi) is 2.55. The molecule has 16 heavy (non-hydrogen) atoms. The van der Waals surface area contributed by atoms with E-state index in [-0.39, 0.29) is 0 Å². The quantitative estimate of drug-likeness (QED) is 0.802. The molecule has 0 radical (unpaired) electrons. The number of rotatable bonds is 2. The van der Waals surface area contributed by atoms with Gasteiger partial charge in [0.1, 0.15) is 0 Å². The summed E-state index contributed by atoms with van der Waals surface area (Å²) < 4.78 is 1.16. The number of anilines is 1. The molecular formula is C14H16BrN. The van der Waals surface area contributed by atoms with Gasteiger partial charge in [-0.15, -0.1) is 0 Å². The highest BCUT2D eigenvalue weighted by Gasteiger charge is 2.40. The Balaban J connectivity index is 1.73. The van der Waals surface area contributed by atoms with Crippen LogP contribution in [0.25, 0.3) is 0 Å². The Morgan fingerprint density at radius 2 is 2.25 bits per heavy atom. The van der Waals surface area contributed by atoms with Crippen molar-refractivity contribution in [3.63, 3.8) is 0 Å². The summed E-state index contributed by atoms with van der Waals surface area (Å²) in [5, 5.41) is 3.67. The summed E-state index contributed by atoms with van der Waals surface area (Å²) in [4.78, 5) is 0. The van der Waals surface area contributed by atoms with E-state index in [0.29, 0.717) is 6.04 Å². The van der Waals surface area contributed by atoms with Crippen LogP contribution in [0.5, 0.6) is 0 Å². The Morgan fingerprint density at radius 1 is 1.38 bits per heavy atom. The minimum absolute atomic E-state index is 0.656. The maximum absolute atomic E-state index is 3.67. The highest BCUT2D eigenvalue weighted by Crippen LogP contribution is 2.44. The first kappa shape index (κ1) is 10.4. The number of hydrogen-bond acceptors (Lipinski definition) is 1. The van der Waals surface area contributed by atoms with Crippen LogP contribution in [0.15, 0.2) is 34.8 Å². The van der Waals surface area contributed by atoms with E-state index in [2.05, 4.69) is 58.5 Å². The first-order valence-corrected chi connectivity index (χ1v) is 6.73. The van der Waals surface area contributed by atoms with E-state index < -0.39 is 0 Å². The van der Waals surface area contributed by atoms with Crippen molar-refractivity contribution in [1.29, 1.82) is 0 Å². The predicted molar refractivity (Wildman–Crippen MR) is 71.6 cm³/mol. The molecule has 0 spiro atoms. The molecule has 1 nitrogen and oxygen atoms in total. The first-order chi connectivity index (χ1) is 7.74. The summed E-state index contributed by atoms with van der Waals surface area (Å²) in [6, 6.07) is 7.10. The van der Waals surface area contributed by atoms with Gasteiger partial charge in [-0.05, 0) is 49.4 Å². The predicted octanol–water partition coefficient (Wildman–Crippen LogP) is 4.13. The molecule has 3 atom stereocenters. The topological polar surface area (TPSA) is 12.0 Å².